The van der Waals surface area contributed by atoms with Gasteiger partial charge in [0.15, 0.2) is 0 Å². The molecule has 4 radical (unpaired) electrons. The fourth-order valence-corrected chi connectivity index (χ4v) is 0.282. The van der Waals surface area contributed by atoms with E-state index in [0.717, 1.165) is 0 Å². The molecule has 0 N–H and O–H groups in total. The van der Waals surface area contributed by atoms with Gasteiger partial charge in [-0.15, -0.1) is 0 Å². The molecule has 0 aliphatic rings. The summed E-state index contributed by atoms with van der Waals surface area (Å²) in [5.74, 6) is 0. The molecule has 1 aromatic rings. The first kappa shape index (κ1) is 22.4. The molecule has 0 aromatic carbocycles. The Labute approximate surface area is 83.0 Å². The third-order valence-electron chi connectivity index (χ3n) is 0.534. The van der Waals surface area contributed by atoms with E-state index in [1.165, 1.54) is 4.80 Å². The first-order chi connectivity index (χ1) is 3.89. The van der Waals surface area contributed by atoms with Gasteiger partial charge < -0.3 is 7.43 Å². The molecule has 0 saturated carbocycles. The summed E-state index contributed by atoms with van der Waals surface area (Å²) in [7, 11) is 1.78. The summed E-state index contributed by atoms with van der Waals surface area (Å²) >= 11 is 0. The van der Waals surface area contributed by atoms with Crippen LogP contribution < -0.4 is 0 Å². The third-order valence-corrected chi connectivity index (χ3v) is 0.534. The minimum atomic E-state index is 0. The van der Waals surface area contributed by atoms with Gasteiger partial charge in [-0.25, -0.2) is 0 Å². The molecular weight excluding hydrogens is 176 g/mol. The van der Waals surface area contributed by atoms with Crippen molar-refractivity contribution in [3.8, 4) is 0 Å². The molecule has 0 unspecified atom stereocenters. The van der Waals surface area contributed by atoms with Gasteiger partial charge in [0.2, 0.25) is 0 Å². The van der Waals surface area contributed by atoms with Crippen LogP contribution in [0.4, 0.5) is 0 Å². The fraction of sp³-hybridized carbons (Fsp3) is 0.500. The fourth-order valence-electron chi connectivity index (χ4n) is 0.282. The second kappa shape index (κ2) is 16.4. The molecule has 62 valence electrons. The van der Waals surface area contributed by atoms with Crippen molar-refractivity contribution in [2.24, 2.45) is 7.05 Å². The molecule has 5 heteroatoms. The Hall–Kier alpha value is -0.211. The van der Waals surface area contributed by atoms with Gasteiger partial charge >= 0.3 is 0 Å². The van der Waals surface area contributed by atoms with Gasteiger partial charge in [0.1, 0.15) is 0 Å². The van der Waals surface area contributed by atoms with Crippen LogP contribution in [0, 0.1) is 7.43 Å². The molecule has 0 bridgehead atoms. The van der Waals surface area contributed by atoms with Crippen LogP contribution >= 0.6 is 0 Å². The Balaban J connectivity index is -0.0000000459. The number of aryl methyl sites for hydroxylation is 1. The topological polar surface area (TPSA) is 30.7 Å². The molecular formula is C6H14BN3V-. The van der Waals surface area contributed by atoms with Crippen molar-refractivity contribution < 1.29 is 18.6 Å². The normalized spacial score (nSPS) is 5.36. The molecule has 1 rings (SSSR count). The largest absolute Gasteiger partial charge is 0.358 e. The average Bonchev–Trinajstić information content (AvgIpc) is 2.24. The van der Waals surface area contributed by atoms with Crippen molar-refractivity contribution in [2.75, 3.05) is 0 Å². The zero-order valence-electron chi connectivity index (χ0n) is 7.52. The summed E-state index contributed by atoms with van der Waals surface area (Å²) in [5, 5.41) is 7.44. The average molecular weight is 190 g/mol. The molecule has 1 heterocycles. The molecule has 1 aromatic heterocycles. The minimum absolute atomic E-state index is 0. The maximum Gasteiger partial charge on any atom is 0.0692 e. The summed E-state index contributed by atoms with van der Waals surface area (Å²) in [5.41, 5.74) is 0. The van der Waals surface area contributed by atoms with E-state index in [9.17, 15) is 0 Å². The molecule has 0 amide bonds. The van der Waals surface area contributed by atoms with Crippen LogP contribution in [-0.2, 0) is 25.6 Å². The Morgan fingerprint density at radius 2 is 1.36 bits per heavy atom. The van der Waals surface area contributed by atoms with Gasteiger partial charge in [-0.2, -0.15) is 15.0 Å². The van der Waals surface area contributed by atoms with Crippen molar-refractivity contribution in [1.29, 1.82) is 0 Å². The second-order valence-electron chi connectivity index (χ2n) is 1.02. The van der Waals surface area contributed by atoms with Crippen LogP contribution in [0.2, 0.25) is 0 Å². The van der Waals surface area contributed by atoms with Crippen LogP contribution in [0.3, 0.4) is 0 Å². The van der Waals surface area contributed by atoms with Crippen LogP contribution in [-0.4, -0.2) is 23.4 Å². The number of hydrogen-bond acceptors (Lipinski definition) is 2. The van der Waals surface area contributed by atoms with Crippen LogP contribution in [0.25, 0.3) is 0 Å². The van der Waals surface area contributed by atoms with E-state index in [1.807, 2.05) is 13.8 Å². The van der Waals surface area contributed by atoms with Gasteiger partial charge in [-0.1, -0.05) is 13.8 Å². The van der Waals surface area contributed by atoms with E-state index < -0.39 is 0 Å². The van der Waals surface area contributed by atoms with E-state index in [1.54, 1.807) is 19.4 Å². The number of nitrogens with zero attached hydrogens (tertiary/aromatic N) is 3. The van der Waals surface area contributed by atoms with E-state index in [0.29, 0.717) is 0 Å². The van der Waals surface area contributed by atoms with E-state index >= 15 is 0 Å². The van der Waals surface area contributed by atoms with E-state index in [2.05, 4.69) is 10.2 Å². The number of rotatable bonds is 0. The first-order valence-electron chi connectivity index (χ1n) is 2.70. The maximum atomic E-state index is 3.72. The molecule has 0 saturated heterocycles. The van der Waals surface area contributed by atoms with Gasteiger partial charge in [-0.3, -0.25) is 0 Å². The molecule has 3 nitrogen and oxygen atoms in total. The van der Waals surface area contributed by atoms with Gasteiger partial charge in [0, 0.05) is 34.0 Å². The van der Waals surface area contributed by atoms with Crippen LogP contribution in [0.1, 0.15) is 13.8 Å². The quantitative estimate of drug-likeness (QED) is 0.449. The molecule has 0 spiro atoms. The van der Waals surface area contributed by atoms with Gasteiger partial charge in [-0.05, 0) is 0 Å². The monoisotopic (exact) mass is 190 g/mol. The molecule has 0 aliphatic heterocycles. The van der Waals surface area contributed by atoms with Gasteiger partial charge in [0.25, 0.3) is 0 Å². The van der Waals surface area contributed by atoms with Crippen LogP contribution in [0.15, 0.2) is 12.4 Å². The predicted octanol–water partition coefficient (Wildman–Crippen LogP) is 0.908. The molecule has 11 heavy (non-hydrogen) atoms. The number of aromatic nitrogens is 3. The van der Waals surface area contributed by atoms with E-state index in [4.69, 9.17) is 0 Å². The predicted molar refractivity (Wildman–Crippen MR) is 44.5 cm³/mol. The van der Waals surface area contributed by atoms with E-state index in [-0.39, 0.29) is 34.4 Å². The number of hydrogen-bond donors (Lipinski definition) is 0. The minimum Gasteiger partial charge on any atom is -0.358 e. The Kier molecular flexibility index (Phi) is 33.5. The smallest absolute Gasteiger partial charge is 0.0692 e. The Morgan fingerprint density at radius 1 is 1.09 bits per heavy atom. The maximum absolute atomic E-state index is 3.72. The summed E-state index contributed by atoms with van der Waals surface area (Å²) < 4.78 is 0. The van der Waals surface area contributed by atoms with Crippen LogP contribution in [0.5, 0.6) is 0 Å². The zero-order chi connectivity index (χ0) is 6.41. The summed E-state index contributed by atoms with van der Waals surface area (Å²) in [6.45, 7) is 4.00. The van der Waals surface area contributed by atoms with Crippen molar-refractivity contribution in [3.05, 3.63) is 19.8 Å². The SMILES string of the molecule is CC.Cn1nccn1.[B].[CH3-].[V]. The molecule has 0 fully saturated rings. The molecule has 0 atom stereocenters. The summed E-state index contributed by atoms with van der Waals surface area (Å²) in [6.07, 6.45) is 3.28. The molecule has 0 aliphatic carbocycles. The Bertz CT molecular complexity index is 121. The standard InChI is InChI=1S/C3H5N3.C2H6.CH3.B.V/c1-6-4-2-3-5-6;1-2;;;/h2-3H,1H3;1-2H3;1H3;;/q;;-1;;. The summed E-state index contributed by atoms with van der Waals surface area (Å²) in [4.78, 5) is 1.50. The van der Waals surface area contributed by atoms with Crippen molar-refractivity contribution in [3.63, 3.8) is 0 Å². The van der Waals surface area contributed by atoms with Gasteiger partial charge in [0.05, 0.1) is 12.4 Å². The van der Waals surface area contributed by atoms with Crippen molar-refractivity contribution >= 4 is 8.41 Å². The van der Waals surface area contributed by atoms with Crippen molar-refractivity contribution in [1.82, 2.24) is 15.0 Å². The summed E-state index contributed by atoms with van der Waals surface area (Å²) in [6, 6.07) is 0. The first-order valence-corrected chi connectivity index (χ1v) is 2.70. The Morgan fingerprint density at radius 3 is 1.45 bits per heavy atom. The van der Waals surface area contributed by atoms with Crippen molar-refractivity contribution in [2.45, 2.75) is 13.8 Å². The zero-order valence-corrected chi connectivity index (χ0v) is 8.92. The second-order valence-corrected chi connectivity index (χ2v) is 1.02. The third kappa shape index (κ3) is 12.9.